The first-order valence-electron chi connectivity index (χ1n) is 7.91. The molecule has 1 atom stereocenters. The molecule has 0 aliphatic carbocycles. The molecule has 1 aliphatic rings. The highest BCUT2D eigenvalue weighted by Crippen LogP contribution is 2.13. The van der Waals surface area contributed by atoms with Crippen LogP contribution in [-0.4, -0.2) is 37.5 Å². The number of rotatable bonds is 7. The highest BCUT2D eigenvalue weighted by atomic mass is 35.5. The Bertz CT molecular complexity index is 448. The SMILES string of the molecule is CNCC(C)C(=O)NCc1ccc(CN2CCCC2)cc1.Cl.Cl. The van der Waals surface area contributed by atoms with Crippen LogP contribution in [0.25, 0.3) is 0 Å². The molecule has 4 nitrogen and oxygen atoms in total. The first kappa shape index (κ1) is 22.2. The van der Waals surface area contributed by atoms with Crippen molar-refractivity contribution < 1.29 is 4.79 Å². The predicted molar refractivity (Wildman–Crippen MR) is 100 cm³/mol. The fourth-order valence-electron chi connectivity index (χ4n) is 2.72. The zero-order valence-electron chi connectivity index (χ0n) is 14.0. The van der Waals surface area contributed by atoms with Gasteiger partial charge in [-0.1, -0.05) is 31.2 Å². The van der Waals surface area contributed by atoms with E-state index >= 15 is 0 Å². The number of hydrogen-bond acceptors (Lipinski definition) is 3. The van der Waals surface area contributed by atoms with Crippen molar-refractivity contribution in [3.63, 3.8) is 0 Å². The molecule has 0 spiro atoms. The number of carbonyl (C=O) groups is 1. The molecule has 2 rings (SSSR count). The Balaban J connectivity index is 0.00000242. The smallest absolute Gasteiger partial charge is 0.224 e. The quantitative estimate of drug-likeness (QED) is 0.784. The Morgan fingerprint density at radius 2 is 1.70 bits per heavy atom. The molecule has 0 saturated carbocycles. The van der Waals surface area contributed by atoms with E-state index in [-0.39, 0.29) is 36.6 Å². The standard InChI is InChI=1S/C17H27N3O.2ClH/c1-14(11-18-2)17(21)19-12-15-5-7-16(8-6-15)13-20-9-3-4-10-20;;/h5-8,14,18H,3-4,9-13H2,1-2H3,(H,19,21);2*1H. The Hall–Kier alpha value is -0.810. The van der Waals surface area contributed by atoms with Gasteiger partial charge in [-0.05, 0) is 44.1 Å². The van der Waals surface area contributed by atoms with Crippen molar-refractivity contribution in [2.24, 2.45) is 5.92 Å². The van der Waals surface area contributed by atoms with Crippen LogP contribution >= 0.6 is 24.8 Å². The van der Waals surface area contributed by atoms with E-state index in [1.807, 2.05) is 14.0 Å². The molecule has 1 heterocycles. The lowest BCUT2D eigenvalue weighted by Gasteiger charge is -2.15. The molecule has 1 unspecified atom stereocenters. The summed E-state index contributed by atoms with van der Waals surface area (Å²) in [4.78, 5) is 14.3. The monoisotopic (exact) mass is 361 g/mol. The van der Waals surface area contributed by atoms with Crippen molar-refractivity contribution in [1.29, 1.82) is 0 Å². The van der Waals surface area contributed by atoms with Crippen LogP contribution in [0.2, 0.25) is 0 Å². The summed E-state index contributed by atoms with van der Waals surface area (Å²) in [6.45, 7) is 6.75. The Morgan fingerprint density at radius 3 is 2.26 bits per heavy atom. The molecule has 1 aromatic carbocycles. The van der Waals surface area contributed by atoms with Gasteiger partial charge < -0.3 is 10.6 Å². The Kier molecular flexibility index (Phi) is 11.3. The molecule has 132 valence electrons. The van der Waals surface area contributed by atoms with Gasteiger partial charge in [0, 0.05) is 25.6 Å². The second-order valence-corrected chi connectivity index (χ2v) is 5.98. The van der Waals surface area contributed by atoms with Gasteiger partial charge in [0.15, 0.2) is 0 Å². The second kappa shape index (κ2) is 11.7. The summed E-state index contributed by atoms with van der Waals surface area (Å²) in [5, 5.41) is 6.01. The fraction of sp³-hybridized carbons (Fsp3) is 0.588. The fourth-order valence-corrected chi connectivity index (χ4v) is 2.72. The van der Waals surface area contributed by atoms with E-state index in [0.717, 1.165) is 12.1 Å². The zero-order chi connectivity index (χ0) is 15.1. The lowest BCUT2D eigenvalue weighted by molar-refractivity contribution is -0.124. The molecule has 1 amide bonds. The van der Waals surface area contributed by atoms with Gasteiger partial charge in [0.2, 0.25) is 5.91 Å². The highest BCUT2D eigenvalue weighted by molar-refractivity contribution is 5.85. The van der Waals surface area contributed by atoms with Crippen molar-refractivity contribution in [2.75, 3.05) is 26.7 Å². The summed E-state index contributed by atoms with van der Waals surface area (Å²) in [5.41, 5.74) is 2.51. The van der Waals surface area contributed by atoms with Crippen LogP contribution in [0, 0.1) is 5.92 Å². The largest absolute Gasteiger partial charge is 0.352 e. The van der Waals surface area contributed by atoms with Gasteiger partial charge in [-0.25, -0.2) is 0 Å². The third-order valence-corrected chi connectivity index (χ3v) is 4.05. The van der Waals surface area contributed by atoms with Gasteiger partial charge in [-0.2, -0.15) is 0 Å². The average Bonchev–Trinajstić information content (AvgIpc) is 2.99. The Labute approximate surface area is 152 Å². The summed E-state index contributed by atoms with van der Waals surface area (Å²) in [5.74, 6) is 0.106. The molecule has 1 saturated heterocycles. The topological polar surface area (TPSA) is 44.4 Å². The van der Waals surface area contributed by atoms with E-state index in [9.17, 15) is 4.79 Å². The van der Waals surface area contributed by atoms with Gasteiger partial charge in [-0.3, -0.25) is 9.69 Å². The van der Waals surface area contributed by atoms with Crippen LogP contribution < -0.4 is 10.6 Å². The molecule has 1 aliphatic heterocycles. The number of nitrogens with zero attached hydrogens (tertiary/aromatic N) is 1. The van der Waals surface area contributed by atoms with Crippen molar-refractivity contribution >= 4 is 30.7 Å². The molecular formula is C17H29Cl2N3O. The van der Waals surface area contributed by atoms with E-state index in [4.69, 9.17) is 0 Å². The van der Waals surface area contributed by atoms with Crippen molar-refractivity contribution in [1.82, 2.24) is 15.5 Å². The normalized spacial score (nSPS) is 15.4. The molecule has 1 aromatic rings. The minimum atomic E-state index is 0. The van der Waals surface area contributed by atoms with Crippen LogP contribution in [0.4, 0.5) is 0 Å². The van der Waals surface area contributed by atoms with Gasteiger partial charge in [-0.15, -0.1) is 24.8 Å². The molecule has 0 aromatic heterocycles. The van der Waals surface area contributed by atoms with E-state index in [1.165, 1.54) is 31.5 Å². The number of benzene rings is 1. The highest BCUT2D eigenvalue weighted by Gasteiger charge is 2.12. The minimum absolute atomic E-state index is 0. The lowest BCUT2D eigenvalue weighted by Crippen LogP contribution is -2.33. The molecule has 2 N–H and O–H groups in total. The predicted octanol–water partition coefficient (Wildman–Crippen LogP) is 2.60. The third kappa shape index (κ3) is 7.53. The number of hydrogen-bond donors (Lipinski definition) is 2. The minimum Gasteiger partial charge on any atom is -0.352 e. The number of amides is 1. The summed E-state index contributed by atoms with van der Waals surface area (Å²) in [7, 11) is 1.86. The third-order valence-electron chi connectivity index (χ3n) is 4.05. The van der Waals surface area contributed by atoms with Crippen molar-refractivity contribution in [3.05, 3.63) is 35.4 Å². The van der Waals surface area contributed by atoms with Crippen molar-refractivity contribution in [3.8, 4) is 0 Å². The number of halogens is 2. The van der Waals surface area contributed by atoms with Crippen LogP contribution in [-0.2, 0) is 17.9 Å². The van der Waals surface area contributed by atoms with E-state index in [0.29, 0.717) is 13.1 Å². The lowest BCUT2D eigenvalue weighted by atomic mass is 10.1. The maximum atomic E-state index is 11.8. The Morgan fingerprint density at radius 1 is 1.13 bits per heavy atom. The van der Waals surface area contributed by atoms with Crippen molar-refractivity contribution in [2.45, 2.75) is 32.9 Å². The molecule has 0 radical (unpaired) electrons. The van der Waals surface area contributed by atoms with E-state index in [1.54, 1.807) is 0 Å². The molecule has 6 heteroatoms. The summed E-state index contributed by atoms with van der Waals surface area (Å²) < 4.78 is 0. The molecule has 0 bridgehead atoms. The van der Waals surface area contributed by atoms with Crippen LogP contribution in [0.5, 0.6) is 0 Å². The van der Waals surface area contributed by atoms with Gasteiger partial charge in [0.05, 0.1) is 0 Å². The maximum Gasteiger partial charge on any atom is 0.224 e. The molecule has 1 fully saturated rings. The van der Waals surface area contributed by atoms with Gasteiger partial charge >= 0.3 is 0 Å². The number of nitrogens with one attached hydrogen (secondary N) is 2. The first-order valence-corrected chi connectivity index (χ1v) is 7.91. The summed E-state index contributed by atoms with van der Waals surface area (Å²) in [6, 6.07) is 8.59. The zero-order valence-corrected chi connectivity index (χ0v) is 15.6. The molecular weight excluding hydrogens is 333 g/mol. The summed E-state index contributed by atoms with van der Waals surface area (Å²) >= 11 is 0. The van der Waals surface area contributed by atoms with Crippen LogP contribution in [0.3, 0.4) is 0 Å². The van der Waals surface area contributed by atoms with Crippen LogP contribution in [0.1, 0.15) is 30.9 Å². The second-order valence-electron chi connectivity index (χ2n) is 5.98. The number of carbonyl (C=O) groups excluding carboxylic acids is 1. The molecule has 23 heavy (non-hydrogen) atoms. The van der Waals surface area contributed by atoms with E-state index in [2.05, 4.69) is 39.8 Å². The number of likely N-dealkylation sites (tertiary alicyclic amines) is 1. The maximum absolute atomic E-state index is 11.8. The van der Waals surface area contributed by atoms with E-state index < -0.39 is 0 Å². The first-order chi connectivity index (χ1) is 10.2. The van der Waals surface area contributed by atoms with Gasteiger partial charge in [0.25, 0.3) is 0 Å². The summed E-state index contributed by atoms with van der Waals surface area (Å²) in [6.07, 6.45) is 2.66. The van der Waals surface area contributed by atoms with Crippen LogP contribution in [0.15, 0.2) is 24.3 Å². The average molecular weight is 362 g/mol. The van der Waals surface area contributed by atoms with Gasteiger partial charge in [0.1, 0.15) is 0 Å².